The Morgan fingerprint density at radius 1 is 1.27 bits per heavy atom. The van der Waals surface area contributed by atoms with Gasteiger partial charge in [-0.2, -0.15) is 0 Å². The highest BCUT2D eigenvalue weighted by Crippen LogP contribution is 2.18. The quantitative estimate of drug-likeness (QED) is 0.572. The molecule has 0 saturated carbocycles. The van der Waals surface area contributed by atoms with Crippen molar-refractivity contribution in [2.45, 2.75) is 19.8 Å². The Kier molecular flexibility index (Phi) is 6.34. The van der Waals surface area contributed by atoms with E-state index in [1.165, 1.54) is 12.1 Å². The highest BCUT2D eigenvalue weighted by molar-refractivity contribution is 5.98. The second-order valence-corrected chi connectivity index (χ2v) is 5.85. The predicted molar refractivity (Wildman–Crippen MR) is 85.1 cm³/mol. The zero-order valence-corrected chi connectivity index (χ0v) is 13.5. The molecule has 122 valence electrons. The van der Waals surface area contributed by atoms with Crippen molar-refractivity contribution in [3.63, 3.8) is 0 Å². The second kappa shape index (κ2) is 8.25. The Morgan fingerprint density at radius 2 is 2.00 bits per heavy atom. The Hall–Kier alpha value is -1.46. The van der Waals surface area contributed by atoms with Crippen LogP contribution in [0.1, 0.15) is 30.1 Å². The Balaban J connectivity index is 1.92. The zero-order chi connectivity index (χ0) is 15.9. The minimum absolute atomic E-state index is 0.154. The van der Waals surface area contributed by atoms with Crippen LogP contribution in [0.2, 0.25) is 0 Å². The fourth-order valence-corrected chi connectivity index (χ4v) is 2.44. The lowest BCUT2D eigenvalue weighted by Gasteiger charge is -2.31. The van der Waals surface area contributed by atoms with Crippen molar-refractivity contribution >= 4 is 5.78 Å². The van der Waals surface area contributed by atoms with Gasteiger partial charge >= 0.3 is 0 Å². The summed E-state index contributed by atoms with van der Waals surface area (Å²) in [6, 6.07) is 4.53. The molecule has 0 N–H and O–H groups in total. The largest absolute Gasteiger partial charge is 0.493 e. The molecule has 1 heterocycles. The van der Waals surface area contributed by atoms with Gasteiger partial charge in [0.15, 0.2) is 5.78 Å². The van der Waals surface area contributed by atoms with E-state index in [-0.39, 0.29) is 17.9 Å². The fourth-order valence-electron chi connectivity index (χ4n) is 2.44. The Morgan fingerprint density at radius 3 is 2.64 bits per heavy atom. The van der Waals surface area contributed by atoms with Gasteiger partial charge in [-0.3, -0.25) is 9.69 Å². The molecule has 0 aromatic heterocycles. The minimum Gasteiger partial charge on any atom is -0.493 e. The first kappa shape index (κ1) is 16.9. The number of ether oxygens (including phenoxy) is 1. The maximum atomic E-state index is 14.1. The van der Waals surface area contributed by atoms with Crippen LogP contribution in [-0.4, -0.2) is 62.0 Å². The molecule has 1 fully saturated rings. The number of rotatable bonds is 7. The van der Waals surface area contributed by atoms with Crippen molar-refractivity contribution in [3.8, 4) is 5.75 Å². The van der Waals surface area contributed by atoms with Crippen LogP contribution in [0.15, 0.2) is 18.2 Å². The van der Waals surface area contributed by atoms with Crippen LogP contribution < -0.4 is 4.74 Å². The average molecular weight is 308 g/mol. The summed E-state index contributed by atoms with van der Waals surface area (Å²) in [6.07, 6.45) is 1.97. The van der Waals surface area contributed by atoms with E-state index < -0.39 is 5.82 Å². The summed E-state index contributed by atoms with van der Waals surface area (Å²) in [5.74, 6) is -0.169. The molecule has 0 spiro atoms. The Labute approximate surface area is 131 Å². The van der Waals surface area contributed by atoms with Gasteiger partial charge in [-0.25, -0.2) is 4.39 Å². The number of carbonyl (C=O) groups excluding carboxylic acids is 1. The number of nitrogens with zero attached hydrogens (tertiary/aromatic N) is 2. The van der Waals surface area contributed by atoms with Crippen molar-refractivity contribution in [1.29, 1.82) is 0 Å². The number of likely N-dealkylation sites (N-methyl/N-ethyl adjacent to an activating group) is 1. The van der Waals surface area contributed by atoms with Crippen molar-refractivity contribution in [2.75, 3.05) is 46.4 Å². The van der Waals surface area contributed by atoms with Crippen LogP contribution in [0.3, 0.4) is 0 Å². The molecule has 1 aliphatic rings. The molecule has 2 rings (SSSR count). The van der Waals surface area contributed by atoms with Crippen LogP contribution in [0.25, 0.3) is 0 Å². The number of hydrogen-bond acceptors (Lipinski definition) is 4. The zero-order valence-electron chi connectivity index (χ0n) is 13.5. The summed E-state index contributed by atoms with van der Waals surface area (Å²) in [4.78, 5) is 16.6. The van der Waals surface area contributed by atoms with E-state index in [0.717, 1.165) is 39.0 Å². The van der Waals surface area contributed by atoms with Gasteiger partial charge in [-0.15, -0.1) is 0 Å². The first-order valence-corrected chi connectivity index (χ1v) is 7.96. The number of halogens is 1. The SMILES string of the molecule is CCCCOc1ccc(C(=O)CN2CCN(C)CC2)c(F)c1. The van der Waals surface area contributed by atoms with Crippen molar-refractivity contribution in [2.24, 2.45) is 0 Å². The van der Waals surface area contributed by atoms with E-state index in [1.807, 2.05) is 0 Å². The Bertz CT molecular complexity index is 499. The van der Waals surface area contributed by atoms with Gasteiger partial charge in [0.05, 0.1) is 18.7 Å². The van der Waals surface area contributed by atoms with Crippen molar-refractivity contribution < 1.29 is 13.9 Å². The summed E-state index contributed by atoms with van der Waals surface area (Å²) in [5, 5.41) is 0. The van der Waals surface area contributed by atoms with E-state index in [0.29, 0.717) is 12.4 Å². The summed E-state index contributed by atoms with van der Waals surface area (Å²) in [5.41, 5.74) is 0.154. The fraction of sp³-hybridized carbons (Fsp3) is 0.588. The van der Waals surface area contributed by atoms with Crippen LogP contribution in [-0.2, 0) is 0 Å². The smallest absolute Gasteiger partial charge is 0.179 e. The molecule has 4 nitrogen and oxygen atoms in total. The van der Waals surface area contributed by atoms with Gasteiger partial charge in [0.1, 0.15) is 11.6 Å². The van der Waals surface area contributed by atoms with Crippen LogP contribution in [0.5, 0.6) is 5.75 Å². The highest BCUT2D eigenvalue weighted by Gasteiger charge is 2.19. The molecule has 1 saturated heterocycles. The third-order valence-corrected chi connectivity index (χ3v) is 3.97. The number of unbranched alkanes of at least 4 members (excludes halogenated alkanes) is 1. The molecule has 22 heavy (non-hydrogen) atoms. The van der Waals surface area contributed by atoms with E-state index in [4.69, 9.17) is 4.74 Å². The van der Waals surface area contributed by atoms with E-state index in [2.05, 4.69) is 23.8 Å². The lowest BCUT2D eigenvalue weighted by atomic mass is 10.1. The number of hydrogen-bond donors (Lipinski definition) is 0. The van der Waals surface area contributed by atoms with Gasteiger partial charge in [-0.05, 0) is 25.6 Å². The monoisotopic (exact) mass is 308 g/mol. The van der Waals surface area contributed by atoms with Gasteiger partial charge in [-0.1, -0.05) is 13.3 Å². The lowest BCUT2D eigenvalue weighted by Crippen LogP contribution is -2.46. The first-order valence-electron chi connectivity index (χ1n) is 7.96. The summed E-state index contributed by atoms with van der Waals surface area (Å²) in [7, 11) is 2.07. The molecule has 0 unspecified atom stereocenters. The van der Waals surface area contributed by atoms with Crippen molar-refractivity contribution in [3.05, 3.63) is 29.6 Å². The number of piperazine rings is 1. The molecule has 0 aliphatic carbocycles. The number of benzene rings is 1. The van der Waals surface area contributed by atoms with E-state index in [9.17, 15) is 9.18 Å². The summed E-state index contributed by atoms with van der Waals surface area (Å²) >= 11 is 0. The van der Waals surface area contributed by atoms with E-state index in [1.54, 1.807) is 6.07 Å². The third-order valence-electron chi connectivity index (χ3n) is 3.97. The molecule has 5 heteroatoms. The van der Waals surface area contributed by atoms with E-state index >= 15 is 0 Å². The summed E-state index contributed by atoms with van der Waals surface area (Å²) < 4.78 is 19.6. The molecule has 1 aromatic carbocycles. The van der Waals surface area contributed by atoms with Crippen LogP contribution in [0, 0.1) is 5.82 Å². The topological polar surface area (TPSA) is 32.8 Å². The standard InChI is InChI=1S/C17H25FN2O2/c1-3-4-11-22-14-5-6-15(16(18)12-14)17(21)13-20-9-7-19(2)8-10-20/h5-6,12H,3-4,7-11,13H2,1-2H3. The highest BCUT2D eigenvalue weighted by atomic mass is 19.1. The normalized spacial score (nSPS) is 16.7. The van der Waals surface area contributed by atoms with Crippen molar-refractivity contribution in [1.82, 2.24) is 9.80 Å². The third kappa shape index (κ3) is 4.78. The molecule has 0 atom stereocenters. The second-order valence-electron chi connectivity index (χ2n) is 5.85. The number of Topliss-reactive ketones (excluding diaryl/α,β-unsaturated/α-hetero) is 1. The van der Waals surface area contributed by atoms with Gasteiger partial charge in [0.25, 0.3) is 0 Å². The molecule has 1 aliphatic heterocycles. The maximum absolute atomic E-state index is 14.1. The molecular formula is C17H25FN2O2. The van der Waals surface area contributed by atoms with Gasteiger partial charge < -0.3 is 9.64 Å². The van der Waals surface area contributed by atoms with Gasteiger partial charge in [0, 0.05) is 32.2 Å². The lowest BCUT2D eigenvalue weighted by molar-refractivity contribution is 0.0872. The van der Waals surface area contributed by atoms with Gasteiger partial charge in [0.2, 0.25) is 0 Å². The molecule has 0 amide bonds. The molecule has 1 aromatic rings. The molecular weight excluding hydrogens is 283 g/mol. The maximum Gasteiger partial charge on any atom is 0.179 e. The van der Waals surface area contributed by atoms with Crippen LogP contribution >= 0.6 is 0 Å². The average Bonchev–Trinajstić information content (AvgIpc) is 2.50. The number of carbonyl (C=O) groups is 1. The van der Waals surface area contributed by atoms with Crippen LogP contribution in [0.4, 0.5) is 4.39 Å². The predicted octanol–water partition coefficient (Wildman–Crippen LogP) is 2.43. The molecule has 0 radical (unpaired) electrons. The first-order chi connectivity index (χ1) is 10.6. The number of ketones is 1. The summed E-state index contributed by atoms with van der Waals surface area (Å²) in [6.45, 7) is 6.51. The molecule has 0 bridgehead atoms. The minimum atomic E-state index is -0.492.